The Hall–Kier alpha value is -3.57. The van der Waals surface area contributed by atoms with E-state index in [1.165, 1.54) is 22.6 Å². The molecule has 0 unspecified atom stereocenters. The number of thiophene rings is 2. The molecule has 1 saturated carbocycles. The lowest BCUT2D eigenvalue weighted by atomic mass is 9.95. The number of hydrogen-bond acceptors (Lipinski definition) is 8. The van der Waals surface area contributed by atoms with E-state index in [-0.39, 0.29) is 24.4 Å². The topological polar surface area (TPSA) is 102 Å². The molecule has 0 aliphatic heterocycles. The maximum absolute atomic E-state index is 13.8. The first-order valence-electron chi connectivity index (χ1n) is 12.7. The van der Waals surface area contributed by atoms with Gasteiger partial charge in [-0.1, -0.05) is 31.4 Å². The van der Waals surface area contributed by atoms with Crippen LogP contribution in [-0.2, 0) is 22.7 Å². The lowest BCUT2D eigenvalue weighted by Crippen LogP contribution is -2.47. The van der Waals surface area contributed by atoms with Gasteiger partial charge in [-0.25, -0.2) is 0 Å². The summed E-state index contributed by atoms with van der Waals surface area (Å²) in [6.07, 6.45) is 5.37. The van der Waals surface area contributed by atoms with E-state index in [1.54, 1.807) is 23.3 Å². The Morgan fingerprint density at radius 2 is 1.84 bits per heavy atom. The van der Waals surface area contributed by atoms with Crippen molar-refractivity contribution in [2.45, 2.75) is 57.3 Å². The molecule has 3 heterocycles. The summed E-state index contributed by atoms with van der Waals surface area (Å²) in [6, 6.07) is 14.5. The van der Waals surface area contributed by atoms with Crippen LogP contribution in [0.15, 0.2) is 59.3 Å². The molecule has 5 rings (SSSR count). The van der Waals surface area contributed by atoms with E-state index < -0.39 is 6.04 Å². The standard InChI is InChI=1S/C27H30N6O3S2/c1-36-21-13-11-19(12-14-21)26-29-31-33(30-26)18-24(34)32(17-22-9-5-15-37-22)25(23-10-6-16-38-23)27(35)28-20-7-3-2-4-8-20/h5-6,9-16,20,25H,2-4,7-8,17-18H2,1H3,(H,28,35)/t25-/m0/s1. The number of tetrazole rings is 1. The van der Waals surface area contributed by atoms with Crippen molar-refractivity contribution in [2.75, 3.05) is 7.11 Å². The molecule has 1 atom stereocenters. The number of benzene rings is 1. The second-order valence-corrected chi connectivity index (χ2v) is 11.2. The van der Waals surface area contributed by atoms with Crippen LogP contribution >= 0.6 is 22.7 Å². The highest BCUT2D eigenvalue weighted by atomic mass is 32.1. The normalized spacial score (nSPS) is 14.7. The van der Waals surface area contributed by atoms with Gasteiger partial charge in [0.05, 0.1) is 13.7 Å². The largest absolute Gasteiger partial charge is 0.497 e. The molecule has 38 heavy (non-hydrogen) atoms. The summed E-state index contributed by atoms with van der Waals surface area (Å²) in [5.74, 6) is 0.741. The number of aromatic nitrogens is 4. The third kappa shape index (κ3) is 6.28. The van der Waals surface area contributed by atoms with Crippen LogP contribution in [0, 0.1) is 0 Å². The molecule has 1 aliphatic rings. The summed E-state index contributed by atoms with van der Waals surface area (Å²) in [6.45, 7) is 0.185. The number of nitrogens with one attached hydrogen (secondary N) is 1. The predicted octanol–water partition coefficient (Wildman–Crippen LogP) is 4.69. The molecule has 0 spiro atoms. The Morgan fingerprint density at radius 1 is 1.08 bits per heavy atom. The van der Waals surface area contributed by atoms with E-state index in [2.05, 4.69) is 20.7 Å². The lowest BCUT2D eigenvalue weighted by molar-refractivity contribution is -0.142. The fraction of sp³-hybridized carbons (Fsp3) is 0.370. The molecule has 0 bridgehead atoms. The van der Waals surface area contributed by atoms with Crippen LogP contribution in [0.25, 0.3) is 11.4 Å². The van der Waals surface area contributed by atoms with Crippen LogP contribution in [-0.4, -0.2) is 50.1 Å². The molecule has 1 fully saturated rings. The first kappa shape index (κ1) is 26.1. The summed E-state index contributed by atoms with van der Waals surface area (Å²) < 4.78 is 5.21. The van der Waals surface area contributed by atoms with Crippen LogP contribution in [0.3, 0.4) is 0 Å². The predicted molar refractivity (Wildman–Crippen MR) is 147 cm³/mol. The fourth-order valence-corrected chi connectivity index (χ4v) is 6.21. The van der Waals surface area contributed by atoms with Crippen LogP contribution in [0.2, 0.25) is 0 Å². The Bertz CT molecular complexity index is 1320. The molecular formula is C27H30N6O3S2. The maximum Gasteiger partial charge on any atom is 0.248 e. The lowest BCUT2D eigenvalue weighted by Gasteiger charge is -2.32. The molecule has 9 nitrogen and oxygen atoms in total. The summed E-state index contributed by atoms with van der Waals surface area (Å²) >= 11 is 3.04. The third-order valence-electron chi connectivity index (χ3n) is 6.63. The third-order valence-corrected chi connectivity index (χ3v) is 8.41. The van der Waals surface area contributed by atoms with Crippen molar-refractivity contribution in [3.8, 4) is 17.1 Å². The molecule has 0 saturated heterocycles. The highest BCUT2D eigenvalue weighted by Gasteiger charge is 2.34. The van der Waals surface area contributed by atoms with Crippen molar-refractivity contribution >= 4 is 34.5 Å². The Kier molecular flexibility index (Phi) is 8.44. The average Bonchev–Trinajstić information content (AvgIpc) is 3.73. The first-order valence-corrected chi connectivity index (χ1v) is 14.4. The summed E-state index contributed by atoms with van der Waals surface area (Å²) in [5.41, 5.74) is 0.767. The number of carbonyl (C=O) groups excluding carboxylic acids is 2. The molecule has 11 heteroatoms. The highest BCUT2D eigenvalue weighted by Crippen LogP contribution is 2.30. The Labute approximate surface area is 229 Å². The Balaban J connectivity index is 1.39. The molecule has 1 aromatic carbocycles. The van der Waals surface area contributed by atoms with Gasteiger partial charge in [0.15, 0.2) is 0 Å². The van der Waals surface area contributed by atoms with Gasteiger partial charge in [0.2, 0.25) is 17.6 Å². The molecule has 4 aromatic rings. The zero-order valence-electron chi connectivity index (χ0n) is 21.2. The van der Waals surface area contributed by atoms with E-state index in [0.29, 0.717) is 12.4 Å². The summed E-state index contributed by atoms with van der Waals surface area (Å²) in [7, 11) is 1.61. The van der Waals surface area contributed by atoms with Crippen LogP contribution in [0.5, 0.6) is 5.75 Å². The minimum Gasteiger partial charge on any atom is -0.497 e. The van der Waals surface area contributed by atoms with E-state index in [1.807, 2.05) is 59.3 Å². The van der Waals surface area contributed by atoms with Gasteiger partial charge in [0.25, 0.3) is 0 Å². The van der Waals surface area contributed by atoms with Gasteiger partial charge in [0.1, 0.15) is 18.3 Å². The number of hydrogen-bond donors (Lipinski definition) is 1. The van der Waals surface area contributed by atoms with Crippen molar-refractivity contribution in [1.82, 2.24) is 30.4 Å². The van der Waals surface area contributed by atoms with Crippen LogP contribution in [0.4, 0.5) is 0 Å². The fourth-order valence-electron chi connectivity index (χ4n) is 4.67. The number of methoxy groups -OCH3 is 1. The first-order chi connectivity index (χ1) is 18.6. The van der Waals surface area contributed by atoms with Gasteiger partial charge in [-0.3, -0.25) is 9.59 Å². The van der Waals surface area contributed by atoms with E-state index in [9.17, 15) is 9.59 Å². The molecule has 3 aromatic heterocycles. The quantitative estimate of drug-likeness (QED) is 0.307. The van der Waals surface area contributed by atoms with Crippen LogP contribution < -0.4 is 10.1 Å². The van der Waals surface area contributed by atoms with Gasteiger partial charge >= 0.3 is 0 Å². The minimum atomic E-state index is -0.740. The maximum atomic E-state index is 13.8. The van der Waals surface area contributed by atoms with Gasteiger partial charge in [-0.05, 0) is 65.2 Å². The van der Waals surface area contributed by atoms with Gasteiger partial charge in [-0.2, -0.15) is 4.80 Å². The van der Waals surface area contributed by atoms with Gasteiger partial charge < -0.3 is 15.0 Å². The molecule has 1 N–H and O–H groups in total. The van der Waals surface area contributed by atoms with Crippen molar-refractivity contribution in [3.63, 3.8) is 0 Å². The van der Waals surface area contributed by atoms with E-state index in [0.717, 1.165) is 46.8 Å². The zero-order chi connectivity index (χ0) is 26.3. The summed E-state index contributed by atoms with van der Waals surface area (Å²) in [5, 5.41) is 19.8. The number of ether oxygens (including phenoxy) is 1. The number of amides is 2. The number of carbonyl (C=O) groups is 2. The highest BCUT2D eigenvalue weighted by molar-refractivity contribution is 7.10. The minimum absolute atomic E-state index is 0.132. The average molecular weight is 551 g/mol. The molecule has 0 radical (unpaired) electrons. The smallest absolute Gasteiger partial charge is 0.248 e. The van der Waals surface area contributed by atoms with Crippen LogP contribution in [0.1, 0.15) is 47.9 Å². The van der Waals surface area contributed by atoms with Crippen molar-refractivity contribution < 1.29 is 14.3 Å². The van der Waals surface area contributed by atoms with Gasteiger partial charge in [-0.15, -0.1) is 32.9 Å². The van der Waals surface area contributed by atoms with E-state index in [4.69, 9.17) is 4.74 Å². The number of rotatable bonds is 10. The van der Waals surface area contributed by atoms with Crippen molar-refractivity contribution in [2.24, 2.45) is 0 Å². The van der Waals surface area contributed by atoms with Gasteiger partial charge in [0, 0.05) is 21.4 Å². The molecular weight excluding hydrogens is 520 g/mol. The monoisotopic (exact) mass is 550 g/mol. The van der Waals surface area contributed by atoms with Crippen molar-refractivity contribution in [1.29, 1.82) is 0 Å². The molecule has 2 amide bonds. The zero-order valence-corrected chi connectivity index (χ0v) is 22.8. The van der Waals surface area contributed by atoms with E-state index >= 15 is 0 Å². The molecule has 1 aliphatic carbocycles. The second-order valence-electron chi connectivity index (χ2n) is 9.23. The molecule has 198 valence electrons. The Morgan fingerprint density at radius 3 is 2.53 bits per heavy atom. The summed E-state index contributed by atoms with van der Waals surface area (Å²) in [4.78, 5) is 32.3. The second kappa shape index (κ2) is 12.3. The SMILES string of the molecule is COc1ccc(-c2nnn(CC(=O)N(Cc3cccs3)[C@H](C(=O)NC3CCCCC3)c3cccs3)n2)cc1. The van der Waals surface area contributed by atoms with Crippen molar-refractivity contribution in [3.05, 3.63) is 69.0 Å². The number of nitrogens with zero attached hydrogens (tertiary/aromatic N) is 5.